The van der Waals surface area contributed by atoms with Gasteiger partial charge in [-0.1, -0.05) is 12.1 Å². The fourth-order valence-electron chi connectivity index (χ4n) is 1.73. The second-order valence-corrected chi connectivity index (χ2v) is 10.8. The molecule has 0 spiro atoms. The van der Waals surface area contributed by atoms with Crippen LogP contribution in [0.2, 0.25) is 0 Å². The van der Waals surface area contributed by atoms with Crippen LogP contribution in [0.3, 0.4) is 0 Å². The maximum absolute atomic E-state index is 10.8. The molecule has 16 heteroatoms. The second kappa shape index (κ2) is 14.7. The molecule has 0 saturated heterocycles. The molecule has 0 atom stereocenters. The van der Waals surface area contributed by atoms with Gasteiger partial charge in [0.1, 0.15) is 0 Å². The quantitative estimate of drug-likeness (QED) is 0.246. The molecule has 0 aromatic heterocycles. The number of hydrogen-bond donors (Lipinski definition) is 2. The molecule has 0 radical (unpaired) electrons. The molecule has 180 valence electrons. The van der Waals surface area contributed by atoms with Gasteiger partial charge < -0.3 is 18.1 Å². The van der Waals surface area contributed by atoms with Crippen molar-refractivity contribution in [3.63, 3.8) is 0 Å². The van der Waals surface area contributed by atoms with Crippen LogP contribution < -0.4 is 22.9 Å². The molecule has 0 bridgehead atoms. The van der Waals surface area contributed by atoms with Crippen molar-refractivity contribution in [2.75, 3.05) is 12.5 Å². The average molecular weight is 533 g/mol. The van der Waals surface area contributed by atoms with Crippen molar-refractivity contribution in [3.05, 3.63) is 79.9 Å². The SMILES string of the molecule is CS(=O)(=O)Cl.CS(=O)(=O)NCc1ccc([N+](=O)[O-])cc1.[Cl-].[NH3+]Cc1ccc([N+](=O)[O-])cc1. The number of nitrogens with one attached hydrogen (secondary N) is 1. The number of rotatable bonds is 6. The van der Waals surface area contributed by atoms with Crippen LogP contribution in [0.25, 0.3) is 0 Å². The van der Waals surface area contributed by atoms with E-state index in [1.807, 2.05) is 0 Å². The predicted octanol–water partition coefficient (Wildman–Crippen LogP) is -1.83. The number of sulfonamides is 1. The van der Waals surface area contributed by atoms with Gasteiger partial charge >= 0.3 is 0 Å². The molecule has 0 saturated carbocycles. The first-order valence-corrected chi connectivity index (χ1v) is 12.8. The zero-order chi connectivity index (χ0) is 24.2. The van der Waals surface area contributed by atoms with E-state index in [-0.39, 0.29) is 30.3 Å². The van der Waals surface area contributed by atoms with Gasteiger partial charge in [-0.15, -0.1) is 0 Å². The van der Waals surface area contributed by atoms with Crippen molar-refractivity contribution >= 4 is 41.1 Å². The molecule has 0 aliphatic carbocycles. The summed E-state index contributed by atoms with van der Waals surface area (Å²) in [6, 6.07) is 12.1. The maximum Gasteiger partial charge on any atom is 0.269 e. The average Bonchev–Trinajstić information content (AvgIpc) is 2.65. The Kier molecular flexibility index (Phi) is 14.6. The van der Waals surface area contributed by atoms with Crippen LogP contribution in [0.1, 0.15) is 11.1 Å². The summed E-state index contributed by atoms with van der Waals surface area (Å²) in [6.07, 6.45) is 1.98. The first kappa shape index (κ1) is 31.8. The summed E-state index contributed by atoms with van der Waals surface area (Å²) in [5.41, 5.74) is 5.45. The van der Waals surface area contributed by atoms with E-state index in [0.717, 1.165) is 18.1 Å². The van der Waals surface area contributed by atoms with Crippen molar-refractivity contribution in [1.29, 1.82) is 0 Å². The molecule has 0 aliphatic rings. The third-order valence-corrected chi connectivity index (χ3v) is 3.79. The van der Waals surface area contributed by atoms with Gasteiger partial charge in [0.25, 0.3) is 11.4 Å². The first-order chi connectivity index (χ1) is 14.1. The van der Waals surface area contributed by atoms with Crippen molar-refractivity contribution in [3.8, 4) is 0 Å². The van der Waals surface area contributed by atoms with Gasteiger partial charge in [0.15, 0.2) is 0 Å². The molecule has 4 N–H and O–H groups in total. The number of halogens is 2. The maximum atomic E-state index is 10.8. The van der Waals surface area contributed by atoms with Gasteiger partial charge in [0.05, 0.1) is 28.9 Å². The lowest BCUT2D eigenvalue weighted by atomic mass is 10.2. The molecule has 0 amide bonds. The van der Waals surface area contributed by atoms with E-state index in [0.29, 0.717) is 12.1 Å². The summed E-state index contributed by atoms with van der Waals surface area (Å²) in [7, 11) is -1.92. The Morgan fingerprint density at radius 3 is 1.41 bits per heavy atom. The van der Waals surface area contributed by atoms with Gasteiger partial charge in [-0.05, 0) is 17.7 Å². The Morgan fingerprint density at radius 1 is 0.844 bits per heavy atom. The van der Waals surface area contributed by atoms with Crippen LogP contribution in [0.4, 0.5) is 11.4 Å². The van der Waals surface area contributed by atoms with E-state index in [2.05, 4.69) is 21.1 Å². The van der Waals surface area contributed by atoms with E-state index < -0.39 is 28.9 Å². The van der Waals surface area contributed by atoms with E-state index in [9.17, 15) is 37.1 Å². The number of nitro benzene ring substituents is 2. The van der Waals surface area contributed by atoms with Gasteiger partial charge in [0.2, 0.25) is 19.1 Å². The predicted molar refractivity (Wildman–Crippen MR) is 115 cm³/mol. The number of hydrogen-bond acceptors (Lipinski definition) is 8. The zero-order valence-corrected chi connectivity index (χ0v) is 20.1. The standard InChI is InChI=1S/C8H10N2O4S.C7H8N2O2.CH3ClO2S.ClH/c1-15(13,14)9-6-7-2-4-8(5-3-7)10(11)12;8-5-6-1-3-7(4-2-6)9(10)11;1-5(2,3)4;/h2-5,9H,6H2,1H3;1-4H,5,8H2;1H3;1H. The van der Waals surface area contributed by atoms with Crippen molar-refractivity contribution in [2.45, 2.75) is 13.1 Å². The van der Waals surface area contributed by atoms with Crippen LogP contribution >= 0.6 is 10.7 Å². The Balaban J connectivity index is 0. The molecule has 2 rings (SSSR count). The minimum atomic E-state index is -3.23. The normalized spacial score (nSPS) is 10.4. The number of nitrogens with zero attached hydrogens (tertiary/aromatic N) is 2. The van der Waals surface area contributed by atoms with Crippen LogP contribution in [0, 0.1) is 20.2 Å². The van der Waals surface area contributed by atoms with Crippen molar-refractivity contribution in [2.24, 2.45) is 0 Å². The van der Waals surface area contributed by atoms with E-state index in [1.54, 1.807) is 12.1 Å². The molecule has 0 fully saturated rings. The van der Waals surface area contributed by atoms with Crippen molar-refractivity contribution < 1.29 is 44.8 Å². The first-order valence-electron chi connectivity index (χ1n) is 8.22. The van der Waals surface area contributed by atoms with Crippen LogP contribution in [-0.4, -0.2) is 39.2 Å². The minimum absolute atomic E-state index is 0. The van der Waals surface area contributed by atoms with Gasteiger partial charge in [-0.25, -0.2) is 21.6 Å². The molecule has 0 aliphatic heterocycles. The third kappa shape index (κ3) is 17.3. The van der Waals surface area contributed by atoms with Crippen LogP contribution in [0.5, 0.6) is 0 Å². The lowest BCUT2D eigenvalue weighted by molar-refractivity contribution is -0.387. The third-order valence-electron chi connectivity index (χ3n) is 3.12. The monoisotopic (exact) mass is 532 g/mol. The Labute approximate surface area is 196 Å². The highest BCUT2D eigenvalue weighted by Crippen LogP contribution is 2.12. The Hall–Kier alpha value is -2.36. The number of non-ortho nitro benzene ring substituents is 2. The van der Waals surface area contributed by atoms with Gasteiger partial charge in [-0.3, -0.25) is 20.2 Å². The summed E-state index contributed by atoms with van der Waals surface area (Å²) in [5.74, 6) is 0. The second-order valence-electron chi connectivity index (χ2n) is 5.87. The smallest absolute Gasteiger partial charge is 0.269 e. The van der Waals surface area contributed by atoms with Gasteiger partial charge in [0, 0.05) is 47.1 Å². The van der Waals surface area contributed by atoms with Gasteiger partial charge in [-0.2, -0.15) is 0 Å². The van der Waals surface area contributed by atoms with Crippen LogP contribution in [-0.2, 0) is 32.2 Å². The number of nitro groups is 2. The highest BCUT2D eigenvalue weighted by atomic mass is 35.7. The van der Waals surface area contributed by atoms with E-state index >= 15 is 0 Å². The highest BCUT2D eigenvalue weighted by molar-refractivity contribution is 8.13. The fraction of sp³-hybridized carbons (Fsp3) is 0.250. The fourth-order valence-corrected chi connectivity index (χ4v) is 2.16. The number of benzene rings is 2. The van der Waals surface area contributed by atoms with Crippen molar-refractivity contribution in [1.82, 2.24) is 4.72 Å². The largest absolute Gasteiger partial charge is 1.00 e. The topological polar surface area (TPSA) is 194 Å². The molecular formula is C16H22Cl2N4O8S2. The zero-order valence-electron chi connectivity index (χ0n) is 17.0. The lowest BCUT2D eigenvalue weighted by Crippen LogP contribution is -3.00. The Morgan fingerprint density at radius 2 is 1.16 bits per heavy atom. The highest BCUT2D eigenvalue weighted by Gasteiger charge is 2.05. The number of quaternary nitrogens is 1. The minimum Gasteiger partial charge on any atom is -1.00 e. The molecule has 12 nitrogen and oxygen atoms in total. The molecule has 2 aromatic rings. The molecule has 32 heavy (non-hydrogen) atoms. The van der Waals surface area contributed by atoms with E-state index in [1.165, 1.54) is 36.4 Å². The summed E-state index contributed by atoms with van der Waals surface area (Å²) in [5, 5.41) is 20.5. The molecule has 2 aromatic carbocycles. The molecular weight excluding hydrogens is 511 g/mol. The molecule has 0 unspecified atom stereocenters. The summed E-state index contributed by atoms with van der Waals surface area (Å²) < 4.78 is 42.6. The van der Waals surface area contributed by atoms with Crippen LogP contribution in [0.15, 0.2) is 48.5 Å². The summed E-state index contributed by atoms with van der Waals surface area (Å²) >= 11 is 0. The molecule has 0 heterocycles. The Bertz CT molecular complexity index is 1070. The summed E-state index contributed by atoms with van der Waals surface area (Å²) in [4.78, 5) is 19.6. The van der Waals surface area contributed by atoms with E-state index in [4.69, 9.17) is 0 Å². The lowest BCUT2D eigenvalue weighted by Gasteiger charge is -2.01. The summed E-state index contributed by atoms with van der Waals surface area (Å²) in [6.45, 7) is 0.800.